The molecule has 3 heteroatoms. The van der Waals surface area contributed by atoms with Crippen molar-refractivity contribution in [2.75, 3.05) is 0 Å². The lowest BCUT2D eigenvalue weighted by molar-refractivity contribution is 0.00578. The van der Waals surface area contributed by atoms with Crippen LogP contribution in [0.4, 0.5) is 0 Å². The summed E-state index contributed by atoms with van der Waals surface area (Å²) < 4.78 is 11.8. The van der Waals surface area contributed by atoms with E-state index in [9.17, 15) is 0 Å². The van der Waals surface area contributed by atoms with E-state index < -0.39 is 0 Å². The molecule has 84 valence electrons. The van der Waals surface area contributed by atoms with Gasteiger partial charge in [0.2, 0.25) is 0 Å². The molecule has 0 aliphatic carbocycles. The van der Waals surface area contributed by atoms with Gasteiger partial charge in [-0.2, -0.15) is 0 Å². The lowest BCUT2D eigenvalue weighted by Crippen LogP contribution is -2.41. The van der Waals surface area contributed by atoms with E-state index in [0.29, 0.717) is 0 Å². The van der Waals surface area contributed by atoms with E-state index in [4.69, 9.17) is 9.31 Å². The Morgan fingerprint density at radius 2 is 1.53 bits per heavy atom. The standard InChI is InChI=1S/C12H21BO2/c1-7-8-9-10(2)13-14-11(3,4)12(5,6)15-13/h7-9H,1-6H3/b8-7-,10-9+. The van der Waals surface area contributed by atoms with Crippen LogP contribution in [0, 0.1) is 0 Å². The Morgan fingerprint density at radius 3 is 1.93 bits per heavy atom. The fraction of sp³-hybridized carbons (Fsp3) is 0.667. The molecule has 2 nitrogen and oxygen atoms in total. The Hall–Kier alpha value is -0.535. The first-order valence-electron chi connectivity index (χ1n) is 5.45. The number of hydrogen-bond acceptors (Lipinski definition) is 2. The molecular weight excluding hydrogens is 187 g/mol. The molecule has 0 atom stereocenters. The second kappa shape index (κ2) is 4.15. The minimum atomic E-state index is -0.247. The molecular formula is C12H21BO2. The highest BCUT2D eigenvalue weighted by atomic mass is 16.7. The van der Waals surface area contributed by atoms with Crippen LogP contribution in [0.2, 0.25) is 0 Å². The third-order valence-corrected chi connectivity index (χ3v) is 3.18. The highest BCUT2D eigenvalue weighted by Crippen LogP contribution is 2.38. The van der Waals surface area contributed by atoms with Gasteiger partial charge in [-0.15, -0.1) is 0 Å². The maximum Gasteiger partial charge on any atom is 0.490 e. The second-order valence-electron chi connectivity index (χ2n) is 5.02. The summed E-state index contributed by atoms with van der Waals surface area (Å²) in [6.45, 7) is 12.3. The molecule has 1 saturated heterocycles. The van der Waals surface area contributed by atoms with Crippen molar-refractivity contribution in [2.24, 2.45) is 0 Å². The molecule has 1 fully saturated rings. The van der Waals surface area contributed by atoms with Gasteiger partial charge in [0.25, 0.3) is 0 Å². The third-order valence-electron chi connectivity index (χ3n) is 3.18. The van der Waals surface area contributed by atoms with Gasteiger partial charge in [0, 0.05) is 0 Å². The topological polar surface area (TPSA) is 18.5 Å². The maximum absolute atomic E-state index is 5.90. The fourth-order valence-electron chi connectivity index (χ4n) is 1.36. The van der Waals surface area contributed by atoms with Crippen molar-refractivity contribution in [1.82, 2.24) is 0 Å². The summed E-state index contributed by atoms with van der Waals surface area (Å²) in [7, 11) is -0.216. The predicted octanol–water partition coefficient (Wildman–Crippen LogP) is 3.14. The van der Waals surface area contributed by atoms with E-state index in [0.717, 1.165) is 5.47 Å². The molecule has 1 aliphatic rings. The van der Waals surface area contributed by atoms with Gasteiger partial charge in [-0.3, -0.25) is 0 Å². The lowest BCUT2D eigenvalue weighted by Gasteiger charge is -2.32. The van der Waals surface area contributed by atoms with Crippen LogP contribution in [0.1, 0.15) is 41.5 Å². The molecule has 0 N–H and O–H groups in total. The highest BCUT2D eigenvalue weighted by molar-refractivity contribution is 6.54. The van der Waals surface area contributed by atoms with Gasteiger partial charge in [-0.1, -0.05) is 18.2 Å². The molecule has 1 rings (SSSR count). The smallest absolute Gasteiger partial charge is 0.400 e. The highest BCUT2D eigenvalue weighted by Gasteiger charge is 2.51. The summed E-state index contributed by atoms with van der Waals surface area (Å²) in [6, 6.07) is 0. The Labute approximate surface area is 93.5 Å². The molecule has 0 aromatic rings. The van der Waals surface area contributed by atoms with E-state index in [1.165, 1.54) is 0 Å². The first-order valence-corrected chi connectivity index (χ1v) is 5.45. The van der Waals surface area contributed by atoms with E-state index in [-0.39, 0.29) is 18.3 Å². The van der Waals surface area contributed by atoms with Crippen LogP contribution in [0.25, 0.3) is 0 Å². The average Bonchev–Trinajstić information content (AvgIpc) is 2.32. The Bertz CT molecular complexity index is 274. The van der Waals surface area contributed by atoms with Gasteiger partial charge < -0.3 is 9.31 Å². The van der Waals surface area contributed by atoms with Crippen LogP contribution in [-0.4, -0.2) is 18.3 Å². The molecule has 0 unspecified atom stereocenters. The molecule has 0 amide bonds. The maximum atomic E-state index is 5.90. The van der Waals surface area contributed by atoms with Crippen molar-refractivity contribution in [1.29, 1.82) is 0 Å². The molecule has 1 aliphatic heterocycles. The van der Waals surface area contributed by atoms with Gasteiger partial charge >= 0.3 is 7.12 Å². The fourth-order valence-corrected chi connectivity index (χ4v) is 1.36. The van der Waals surface area contributed by atoms with Gasteiger partial charge in [-0.05, 0) is 47.0 Å². The minimum absolute atomic E-state index is 0.216. The van der Waals surface area contributed by atoms with Gasteiger partial charge in [0.1, 0.15) is 0 Å². The zero-order chi connectivity index (χ0) is 11.7. The van der Waals surface area contributed by atoms with Crippen LogP contribution in [0.5, 0.6) is 0 Å². The third kappa shape index (κ3) is 2.53. The molecule has 1 heterocycles. The van der Waals surface area contributed by atoms with Crippen LogP contribution in [-0.2, 0) is 9.31 Å². The van der Waals surface area contributed by atoms with Crippen molar-refractivity contribution in [3.63, 3.8) is 0 Å². The van der Waals surface area contributed by atoms with E-state index in [1.54, 1.807) is 0 Å². The van der Waals surface area contributed by atoms with Crippen molar-refractivity contribution in [2.45, 2.75) is 52.7 Å². The molecule has 0 aromatic carbocycles. The van der Waals surface area contributed by atoms with Crippen LogP contribution >= 0.6 is 0 Å². The normalized spacial score (nSPS) is 25.2. The largest absolute Gasteiger partial charge is 0.490 e. The number of rotatable bonds is 2. The summed E-state index contributed by atoms with van der Waals surface area (Å²) in [5, 5.41) is 0. The molecule has 0 aromatic heterocycles. The molecule has 0 spiro atoms. The molecule has 0 saturated carbocycles. The van der Waals surface area contributed by atoms with E-state index in [2.05, 4.69) is 27.7 Å². The van der Waals surface area contributed by atoms with Gasteiger partial charge in [0.15, 0.2) is 0 Å². The van der Waals surface area contributed by atoms with E-state index in [1.807, 2.05) is 32.1 Å². The average molecular weight is 208 g/mol. The summed E-state index contributed by atoms with van der Waals surface area (Å²) in [5.41, 5.74) is 0.609. The first-order chi connectivity index (χ1) is 6.80. The van der Waals surface area contributed by atoms with Gasteiger partial charge in [0.05, 0.1) is 11.2 Å². The SMILES string of the molecule is C/C=C\C=C(/C)B1OC(C)(C)C(C)(C)O1. The Balaban J connectivity index is 2.79. The molecule has 0 radical (unpaired) electrons. The van der Waals surface area contributed by atoms with Crippen LogP contribution in [0.15, 0.2) is 23.7 Å². The monoisotopic (exact) mass is 208 g/mol. The van der Waals surface area contributed by atoms with Crippen molar-refractivity contribution in [3.8, 4) is 0 Å². The number of allylic oxidation sites excluding steroid dienone is 4. The summed E-state index contributed by atoms with van der Waals surface area (Å²) in [4.78, 5) is 0. The van der Waals surface area contributed by atoms with Gasteiger partial charge in [-0.25, -0.2) is 0 Å². The summed E-state index contributed by atoms with van der Waals surface area (Å²) in [5.74, 6) is 0. The Kier molecular flexibility index (Phi) is 3.46. The quantitative estimate of drug-likeness (QED) is 0.512. The van der Waals surface area contributed by atoms with E-state index >= 15 is 0 Å². The minimum Gasteiger partial charge on any atom is -0.400 e. The second-order valence-corrected chi connectivity index (χ2v) is 5.02. The van der Waals surface area contributed by atoms with Crippen molar-refractivity contribution < 1.29 is 9.31 Å². The Morgan fingerprint density at radius 1 is 1.07 bits per heavy atom. The summed E-state index contributed by atoms with van der Waals surface area (Å²) >= 11 is 0. The van der Waals surface area contributed by atoms with Crippen molar-refractivity contribution in [3.05, 3.63) is 23.7 Å². The number of hydrogen-bond donors (Lipinski definition) is 0. The molecule has 15 heavy (non-hydrogen) atoms. The lowest BCUT2D eigenvalue weighted by atomic mass is 9.79. The molecule has 0 bridgehead atoms. The van der Waals surface area contributed by atoms with Crippen molar-refractivity contribution >= 4 is 7.12 Å². The zero-order valence-electron chi connectivity index (χ0n) is 10.6. The first kappa shape index (κ1) is 12.5. The zero-order valence-corrected chi connectivity index (χ0v) is 10.6. The van der Waals surface area contributed by atoms with Crippen LogP contribution < -0.4 is 0 Å². The van der Waals surface area contributed by atoms with Crippen LogP contribution in [0.3, 0.4) is 0 Å². The summed E-state index contributed by atoms with van der Waals surface area (Å²) in [6.07, 6.45) is 6.03. The predicted molar refractivity (Wildman–Crippen MR) is 64.7 cm³/mol.